The third kappa shape index (κ3) is 4.16. The normalized spacial score (nSPS) is 10.8. The predicted octanol–water partition coefficient (Wildman–Crippen LogP) is 4.01. The maximum Gasteiger partial charge on any atom is 0.263 e. The van der Waals surface area contributed by atoms with E-state index in [0.29, 0.717) is 30.2 Å². The second-order valence-electron chi connectivity index (χ2n) is 7.04. The van der Waals surface area contributed by atoms with E-state index in [1.807, 2.05) is 12.1 Å². The summed E-state index contributed by atoms with van der Waals surface area (Å²) in [5, 5.41) is 13.1. The van der Waals surface area contributed by atoms with Crippen LogP contribution in [0, 0.1) is 5.82 Å². The zero-order chi connectivity index (χ0) is 21.8. The van der Waals surface area contributed by atoms with Crippen molar-refractivity contribution in [3.8, 4) is 28.1 Å². The van der Waals surface area contributed by atoms with Crippen molar-refractivity contribution in [3.63, 3.8) is 0 Å². The second-order valence-corrected chi connectivity index (χ2v) is 7.04. The van der Waals surface area contributed by atoms with E-state index in [-0.39, 0.29) is 22.4 Å². The molecule has 0 aliphatic heterocycles. The first kappa shape index (κ1) is 20.3. The number of aromatic nitrogens is 3. The van der Waals surface area contributed by atoms with Crippen molar-refractivity contribution in [2.45, 2.75) is 6.42 Å². The monoisotopic (exact) mass is 416 g/mol. The predicted molar refractivity (Wildman–Crippen MR) is 118 cm³/mol. The highest BCUT2D eigenvalue weighted by Crippen LogP contribution is 2.30. The molecule has 0 radical (unpaired) electrons. The Kier molecular flexibility index (Phi) is 5.75. The fourth-order valence-electron chi connectivity index (χ4n) is 3.42. The first-order valence-electron chi connectivity index (χ1n) is 9.83. The summed E-state index contributed by atoms with van der Waals surface area (Å²) in [5.74, 6) is 0.0859. The Labute approximate surface area is 178 Å². The van der Waals surface area contributed by atoms with Crippen LogP contribution in [-0.4, -0.2) is 26.2 Å². The van der Waals surface area contributed by atoms with E-state index >= 15 is 0 Å². The molecule has 2 heterocycles. The fourth-order valence-corrected chi connectivity index (χ4v) is 3.42. The minimum Gasteiger partial charge on any atom is -0.508 e. The Morgan fingerprint density at radius 1 is 1.03 bits per heavy atom. The number of para-hydroxylation sites is 1. The number of pyridine rings is 1. The first-order chi connectivity index (χ1) is 15.1. The molecule has 7 heteroatoms. The van der Waals surface area contributed by atoms with E-state index in [1.165, 1.54) is 10.6 Å². The molecule has 0 fully saturated rings. The molecule has 0 aliphatic rings. The van der Waals surface area contributed by atoms with Crippen LogP contribution in [0.3, 0.4) is 0 Å². The standard InChI is InChI=1S/C24H21FN4O2/c1-29-23(31)21(18-7-3-4-8-19(18)25)22(17-10-13-26-14-11-17)28-24(29)27-15-12-16-6-2-5-9-20(16)30/h2-11,13-14,30H,12,15H2,1H3,(H,27,28). The Balaban J connectivity index is 1.76. The van der Waals surface area contributed by atoms with Gasteiger partial charge in [-0.15, -0.1) is 0 Å². The SMILES string of the molecule is Cn1c(NCCc2ccccc2O)nc(-c2ccncc2)c(-c2ccccc2F)c1=O. The molecule has 2 aromatic carbocycles. The Morgan fingerprint density at radius 2 is 1.74 bits per heavy atom. The molecule has 0 saturated heterocycles. The van der Waals surface area contributed by atoms with Crippen molar-refractivity contribution in [2.24, 2.45) is 7.05 Å². The Bertz CT molecular complexity index is 1270. The molecule has 0 bridgehead atoms. The summed E-state index contributed by atoms with van der Waals surface area (Å²) in [5.41, 5.74) is 1.85. The van der Waals surface area contributed by atoms with Crippen LogP contribution >= 0.6 is 0 Å². The van der Waals surface area contributed by atoms with Gasteiger partial charge >= 0.3 is 0 Å². The maximum atomic E-state index is 14.6. The molecule has 0 atom stereocenters. The first-order valence-corrected chi connectivity index (χ1v) is 9.83. The van der Waals surface area contributed by atoms with Gasteiger partial charge in [0.05, 0.1) is 11.3 Å². The molecule has 2 N–H and O–H groups in total. The minimum atomic E-state index is -0.489. The van der Waals surface area contributed by atoms with E-state index in [0.717, 1.165) is 5.56 Å². The zero-order valence-corrected chi connectivity index (χ0v) is 16.9. The number of benzene rings is 2. The highest BCUT2D eigenvalue weighted by molar-refractivity contribution is 5.81. The number of hydrogen-bond acceptors (Lipinski definition) is 5. The molecule has 0 unspecified atom stereocenters. The van der Waals surface area contributed by atoms with Gasteiger partial charge in [-0.05, 0) is 36.2 Å². The van der Waals surface area contributed by atoms with E-state index in [9.17, 15) is 14.3 Å². The summed E-state index contributed by atoms with van der Waals surface area (Å²) in [7, 11) is 1.60. The smallest absolute Gasteiger partial charge is 0.263 e. The number of hydrogen-bond donors (Lipinski definition) is 2. The van der Waals surface area contributed by atoms with Crippen molar-refractivity contribution < 1.29 is 9.50 Å². The van der Waals surface area contributed by atoms with E-state index in [2.05, 4.69) is 15.3 Å². The molecule has 2 aromatic heterocycles. The molecular formula is C24H21FN4O2. The number of phenolic OH excluding ortho intramolecular Hbond substituents is 1. The lowest BCUT2D eigenvalue weighted by Crippen LogP contribution is -2.25. The average molecular weight is 416 g/mol. The van der Waals surface area contributed by atoms with Crippen LogP contribution in [0.2, 0.25) is 0 Å². The summed E-state index contributed by atoms with van der Waals surface area (Å²) in [4.78, 5) is 22.0. The summed E-state index contributed by atoms with van der Waals surface area (Å²) in [6.45, 7) is 0.451. The van der Waals surface area contributed by atoms with Gasteiger partial charge in [0, 0.05) is 37.1 Å². The summed E-state index contributed by atoms with van der Waals surface area (Å²) in [6, 6.07) is 16.7. The van der Waals surface area contributed by atoms with Gasteiger partial charge in [0.2, 0.25) is 5.95 Å². The fraction of sp³-hybridized carbons (Fsp3) is 0.125. The third-order valence-electron chi connectivity index (χ3n) is 5.06. The molecule has 6 nitrogen and oxygen atoms in total. The number of nitrogens with zero attached hydrogens (tertiary/aromatic N) is 3. The largest absolute Gasteiger partial charge is 0.508 e. The molecule has 4 aromatic rings. The van der Waals surface area contributed by atoms with Crippen molar-refractivity contribution in [3.05, 3.63) is 94.8 Å². The van der Waals surface area contributed by atoms with Crippen LogP contribution in [-0.2, 0) is 13.5 Å². The van der Waals surface area contributed by atoms with E-state index < -0.39 is 5.82 Å². The van der Waals surface area contributed by atoms with Gasteiger partial charge < -0.3 is 10.4 Å². The van der Waals surface area contributed by atoms with Gasteiger partial charge in [0.15, 0.2) is 0 Å². The van der Waals surface area contributed by atoms with Crippen LogP contribution in [0.4, 0.5) is 10.3 Å². The summed E-state index contributed by atoms with van der Waals surface area (Å²) < 4.78 is 16.0. The summed E-state index contributed by atoms with van der Waals surface area (Å²) in [6.07, 6.45) is 3.75. The van der Waals surface area contributed by atoms with Gasteiger partial charge in [0.1, 0.15) is 11.6 Å². The lowest BCUT2D eigenvalue weighted by atomic mass is 10.0. The summed E-state index contributed by atoms with van der Waals surface area (Å²) >= 11 is 0. The second kappa shape index (κ2) is 8.79. The highest BCUT2D eigenvalue weighted by atomic mass is 19.1. The van der Waals surface area contributed by atoms with Crippen LogP contribution in [0.1, 0.15) is 5.56 Å². The molecule has 0 amide bonds. The average Bonchev–Trinajstić information content (AvgIpc) is 2.79. The minimum absolute atomic E-state index is 0.193. The number of nitrogens with one attached hydrogen (secondary N) is 1. The Morgan fingerprint density at radius 3 is 2.48 bits per heavy atom. The van der Waals surface area contributed by atoms with Crippen LogP contribution in [0.25, 0.3) is 22.4 Å². The maximum absolute atomic E-state index is 14.6. The molecule has 0 aliphatic carbocycles. The van der Waals surface area contributed by atoms with Gasteiger partial charge in [-0.2, -0.15) is 0 Å². The van der Waals surface area contributed by atoms with Crippen molar-refractivity contribution in [2.75, 3.05) is 11.9 Å². The lowest BCUT2D eigenvalue weighted by molar-refractivity contribution is 0.468. The van der Waals surface area contributed by atoms with Crippen LogP contribution in [0.15, 0.2) is 77.9 Å². The van der Waals surface area contributed by atoms with Crippen molar-refractivity contribution in [1.29, 1.82) is 0 Å². The van der Waals surface area contributed by atoms with Gasteiger partial charge in [-0.25, -0.2) is 9.37 Å². The number of rotatable bonds is 6. The molecule has 4 rings (SSSR count). The van der Waals surface area contributed by atoms with Crippen molar-refractivity contribution >= 4 is 5.95 Å². The van der Waals surface area contributed by atoms with E-state index in [1.54, 1.807) is 61.9 Å². The topological polar surface area (TPSA) is 80.0 Å². The number of aromatic hydroxyl groups is 1. The molecule has 31 heavy (non-hydrogen) atoms. The number of anilines is 1. The third-order valence-corrected chi connectivity index (χ3v) is 5.06. The molecule has 0 spiro atoms. The van der Waals surface area contributed by atoms with Crippen LogP contribution < -0.4 is 10.9 Å². The Hall–Kier alpha value is -4.00. The van der Waals surface area contributed by atoms with E-state index in [4.69, 9.17) is 0 Å². The molecule has 156 valence electrons. The zero-order valence-electron chi connectivity index (χ0n) is 16.9. The number of halogens is 1. The van der Waals surface area contributed by atoms with Gasteiger partial charge in [0.25, 0.3) is 5.56 Å². The molecular weight excluding hydrogens is 395 g/mol. The number of phenols is 1. The molecule has 0 saturated carbocycles. The van der Waals surface area contributed by atoms with Gasteiger partial charge in [-0.3, -0.25) is 14.3 Å². The quantitative estimate of drug-likeness (QED) is 0.497. The van der Waals surface area contributed by atoms with Crippen LogP contribution in [0.5, 0.6) is 5.75 Å². The van der Waals surface area contributed by atoms with Gasteiger partial charge in [-0.1, -0.05) is 36.4 Å². The lowest BCUT2D eigenvalue weighted by Gasteiger charge is -2.16. The van der Waals surface area contributed by atoms with Crippen molar-refractivity contribution in [1.82, 2.24) is 14.5 Å². The highest BCUT2D eigenvalue weighted by Gasteiger charge is 2.20.